The highest BCUT2D eigenvalue weighted by Crippen LogP contribution is 2.33. The summed E-state index contributed by atoms with van der Waals surface area (Å²) < 4.78 is 18.5. The molecule has 0 fully saturated rings. The summed E-state index contributed by atoms with van der Waals surface area (Å²) >= 11 is 0. The Kier molecular flexibility index (Phi) is 6.30. The van der Waals surface area contributed by atoms with Gasteiger partial charge in [-0.3, -0.25) is 10.1 Å². The van der Waals surface area contributed by atoms with Gasteiger partial charge in [-0.1, -0.05) is 24.3 Å². The summed E-state index contributed by atoms with van der Waals surface area (Å²) in [6, 6.07) is 16.5. The standard InChI is InChI=1S/C25H25NO6/c1-25(2,16-31-28)32-20-8-3-6-18(14-20)7-4-12-26-13-5-9-21(26)24(27)19-10-11-22-23(15-19)30-17-29-22/h3-11,13-15,28H,12,16-17H2,1-2H3/b7-4+. The number of aromatic nitrogens is 1. The number of allylic oxidation sites excluding steroid dienone is 1. The molecular formula is C25H25NO6. The van der Waals surface area contributed by atoms with Crippen molar-refractivity contribution in [1.82, 2.24) is 4.57 Å². The first kappa shape index (κ1) is 21.7. The molecule has 4 rings (SSSR count). The molecule has 1 aliphatic rings. The number of ketones is 1. The molecule has 0 bridgehead atoms. The van der Waals surface area contributed by atoms with Crippen molar-refractivity contribution < 1.29 is 29.1 Å². The fourth-order valence-electron chi connectivity index (χ4n) is 3.45. The Hall–Kier alpha value is -3.55. The maximum Gasteiger partial charge on any atom is 0.231 e. The number of rotatable bonds is 9. The fourth-order valence-corrected chi connectivity index (χ4v) is 3.45. The predicted molar refractivity (Wildman–Crippen MR) is 119 cm³/mol. The highest BCUT2D eigenvalue weighted by molar-refractivity contribution is 6.08. The van der Waals surface area contributed by atoms with E-state index in [1.165, 1.54) is 0 Å². The van der Waals surface area contributed by atoms with Crippen LogP contribution in [0.4, 0.5) is 0 Å². The Morgan fingerprint density at radius 3 is 2.81 bits per heavy atom. The average Bonchev–Trinajstić information content (AvgIpc) is 3.42. The minimum atomic E-state index is -0.661. The van der Waals surface area contributed by atoms with Crippen molar-refractivity contribution in [2.75, 3.05) is 13.4 Å². The molecule has 2 heterocycles. The van der Waals surface area contributed by atoms with Crippen molar-refractivity contribution in [3.63, 3.8) is 0 Å². The van der Waals surface area contributed by atoms with E-state index in [1.807, 2.05) is 67.1 Å². The molecule has 0 saturated heterocycles. The third-order valence-corrected chi connectivity index (χ3v) is 4.97. The zero-order chi connectivity index (χ0) is 22.6. The zero-order valence-electron chi connectivity index (χ0n) is 18.0. The van der Waals surface area contributed by atoms with Gasteiger partial charge in [-0.2, -0.15) is 0 Å². The van der Waals surface area contributed by atoms with Crippen LogP contribution in [-0.4, -0.2) is 34.6 Å². The molecule has 7 nitrogen and oxygen atoms in total. The van der Waals surface area contributed by atoms with Gasteiger partial charge < -0.3 is 18.8 Å². The second kappa shape index (κ2) is 9.30. The Bertz CT molecular complexity index is 1130. The number of carbonyl (C=O) groups excluding carboxylic acids is 1. The Morgan fingerprint density at radius 1 is 1.12 bits per heavy atom. The van der Waals surface area contributed by atoms with Crippen LogP contribution in [0.3, 0.4) is 0 Å². The minimum Gasteiger partial charge on any atom is -0.485 e. The maximum absolute atomic E-state index is 13.0. The SMILES string of the molecule is CC(C)(COO)Oc1cccc(/C=C/Cn2cccc2C(=O)c2ccc3c(c2)OCO3)c1. The van der Waals surface area contributed by atoms with Crippen LogP contribution in [0.25, 0.3) is 6.08 Å². The van der Waals surface area contributed by atoms with E-state index in [0.29, 0.717) is 35.1 Å². The van der Waals surface area contributed by atoms with Crippen LogP contribution in [0.2, 0.25) is 0 Å². The van der Waals surface area contributed by atoms with Crippen molar-refractivity contribution in [2.24, 2.45) is 0 Å². The highest BCUT2D eigenvalue weighted by Gasteiger charge is 2.21. The Balaban J connectivity index is 1.44. The van der Waals surface area contributed by atoms with Crippen molar-refractivity contribution >= 4 is 11.9 Å². The van der Waals surface area contributed by atoms with E-state index in [1.54, 1.807) is 24.3 Å². The van der Waals surface area contributed by atoms with Gasteiger partial charge in [0.15, 0.2) is 11.5 Å². The molecule has 2 aromatic carbocycles. The van der Waals surface area contributed by atoms with E-state index in [4.69, 9.17) is 19.5 Å². The van der Waals surface area contributed by atoms with E-state index >= 15 is 0 Å². The van der Waals surface area contributed by atoms with Gasteiger partial charge in [0, 0.05) is 18.3 Å². The van der Waals surface area contributed by atoms with Gasteiger partial charge in [-0.25, -0.2) is 4.89 Å². The van der Waals surface area contributed by atoms with Gasteiger partial charge in [-0.15, -0.1) is 0 Å². The first-order valence-electron chi connectivity index (χ1n) is 10.3. The Labute approximate surface area is 186 Å². The molecule has 32 heavy (non-hydrogen) atoms. The van der Waals surface area contributed by atoms with Gasteiger partial charge in [0.1, 0.15) is 18.0 Å². The molecule has 0 spiro atoms. The monoisotopic (exact) mass is 435 g/mol. The molecule has 0 aliphatic carbocycles. The molecule has 0 atom stereocenters. The lowest BCUT2D eigenvalue weighted by Gasteiger charge is -2.24. The van der Waals surface area contributed by atoms with Crippen molar-refractivity contribution in [3.8, 4) is 17.2 Å². The summed E-state index contributed by atoms with van der Waals surface area (Å²) in [6.45, 7) is 4.43. The lowest BCUT2D eigenvalue weighted by Crippen LogP contribution is -2.33. The van der Waals surface area contributed by atoms with Gasteiger partial charge in [0.05, 0.1) is 5.69 Å². The van der Waals surface area contributed by atoms with E-state index in [9.17, 15) is 4.79 Å². The van der Waals surface area contributed by atoms with E-state index in [2.05, 4.69) is 4.89 Å². The minimum absolute atomic E-state index is 0.0564. The van der Waals surface area contributed by atoms with Crippen LogP contribution in [0.15, 0.2) is 66.9 Å². The predicted octanol–water partition coefficient (Wildman–Crippen LogP) is 4.81. The molecule has 0 unspecified atom stereocenters. The topological polar surface area (TPSA) is 79.2 Å². The summed E-state index contributed by atoms with van der Waals surface area (Å²) in [5.74, 6) is 1.84. The number of hydrogen-bond donors (Lipinski definition) is 1. The van der Waals surface area contributed by atoms with Gasteiger partial charge >= 0.3 is 0 Å². The molecule has 0 amide bonds. The second-order valence-electron chi connectivity index (χ2n) is 8.05. The average molecular weight is 435 g/mol. The first-order valence-corrected chi connectivity index (χ1v) is 10.3. The van der Waals surface area contributed by atoms with Gasteiger partial charge in [0.2, 0.25) is 12.6 Å². The summed E-state index contributed by atoms with van der Waals surface area (Å²) in [5.41, 5.74) is 1.44. The number of nitrogens with zero attached hydrogens (tertiary/aromatic N) is 1. The third-order valence-electron chi connectivity index (χ3n) is 4.97. The molecule has 0 saturated carbocycles. The van der Waals surface area contributed by atoms with Crippen molar-refractivity contribution in [1.29, 1.82) is 0 Å². The molecular weight excluding hydrogens is 410 g/mol. The number of ether oxygens (including phenoxy) is 3. The maximum atomic E-state index is 13.0. The van der Waals surface area contributed by atoms with Crippen LogP contribution in [0.1, 0.15) is 35.5 Å². The smallest absolute Gasteiger partial charge is 0.231 e. The summed E-state index contributed by atoms with van der Waals surface area (Å²) in [5, 5.41) is 8.69. The van der Waals surface area contributed by atoms with Crippen LogP contribution in [-0.2, 0) is 11.4 Å². The number of fused-ring (bicyclic) bond motifs is 1. The van der Waals surface area contributed by atoms with Gasteiger partial charge in [0.25, 0.3) is 0 Å². The van der Waals surface area contributed by atoms with Crippen LogP contribution in [0.5, 0.6) is 17.2 Å². The first-order chi connectivity index (χ1) is 15.4. The molecule has 7 heteroatoms. The second-order valence-corrected chi connectivity index (χ2v) is 8.05. The number of benzene rings is 2. The summed E-state index contributed by atoms with van der Waals surface area (Å²) in [6.07, 6.45) is 5.83. The third kappa shape index (κ3) is 5.01. The van der Waals surface area contributed by atoms with Gasteiger partial charge in [-0.05, 0) is 61.9 Å². The number of carbonyl (C=O) groups is 1. The number of hydrogen-bond acceptors (Lipinski definition) is 6. The Morgan fingerprint density at radius 2 is 1.97 bits per heavy atom. The van der Waals surface area contributed by atoms with Crippen molar-refractivity contribution in [3.05, 3.63) is 83.7 Å². The molecule has 1 N–H and O–H groups in total. The zero-order valence-corrected chi connectivity index (χ0v) is 18.0. The lowest BCUT2D eigenvalue weighted by molar-refractivity contribution is -0.264. The molecule has 3 aromatic rings. The van der Waals surface area contributed by atoms with Crippen molar-refractivity contribution in [2.45, 2.75) is 26.0 Å². The summed E-state index contributed by atoms with van der Waals surface area (Å²) in [7, 11) is 0. The largest absolute Gasteiger partial charge is 0.485 e. The molecule has 1 aromatic heterocycles. The molecule has 1 aliphatic heterocycles. The molecule has 0 radical (unpaired) electrons. The van der Waals surface area contributed by atoms with Crippen LogP contribution < -0.4 is 14.2 Å². The molecule has 166 valence electrons. The van der Waals surface area contributed by atoms with E-state index < -0.39 is 5.60 Å². The normalized spacial score (nSPS) is 13.0. The van der Waals surface area contributed by atoms with E-state index in [-0.39, 0.29) is 19.2 Å². The highest BCUT2D eigenvalue weighted by atomic mass is 17.1. The van der Waals surface area contributed by atoms with Crippen LogP contribution in [0, 0.1) is 0 Å². The lowest BCUT2D eigenvalue weighted by atomic mass is 10.1. The quantitative estimate of drug-likeness (QED) is 0.295. The summed E-state index contributed by atoms with van der Waals surface area (Å²) in [4.78, 5) is 17.2. The van der Waals surface area contributed by atoms with E-state index in [0.717, 1.165) is 5.56 Å². The fraction of sp³-hybridized carbons (Fsp3) is 0.240. The van der Waals surface area contributed by atoms with Crippen LogP contribution >= 0.6 is 0 Å².